The van der Waals surface area contributed by atoms with Crippen molar-refractivity contribution in [2.75, 3.05) is 12.4 Å². The molecule has 0 radical (unpaired) electrons. The molecule has 0 bridgehead atoms. The maximum atomic E-state index is 12.5. The van der Waals surface area contributed by atoms with Gasteiger partial charge in [0.25, 0.3) is 5.91 Å². The maximum absolute atomic E-state index is 12.5. The third-order valence-corrected chi connectivity index (χ3v) is 5.17. The van der Waals surface area contributed by atoms with Gasteiger partial charge in [-0.05, 0) is 59.1 Å². The molecule has 0 aliphatic rings. The third-order valence-electron chi connectivity index (χ3n) is 3.35. The predicted molar refractivity (Wildman–Crippen MR) is 123 cm³/mol. The first-order valence-corrected chi connectivity index (χ1v) is 10.2. The van der Waals surface area contributed by atoms with Crippen LogP contribution in [0.15, 0.2) is 48.5 Å². The molecule has 3 N–H and O–H groups in total. The molecule has 0 spiro atoms. The Morgan fingerprint density at radius 1 is 1.11 bits per heavy atom. The number of carbonyl (C=O) groups is 1. The van der Waals surface area contributed by atoms with Crippen LogP contribution in [0.4, 0.5) is 5.69 Å². The minimum Gasteiger partial charge on any atom is -0.495 e. The molecule has 0 saturated heterocycles. The van der Waals surface area contributed by atoms with E-state index in [0.29, 0.717) is 17.0 Å². The fourth-order valence-corrected chi connectivity index (χ4v) is 3.28. The van der Waals surface area contributed by atoms with Crippen molar-refractivity contribution in [2.24, 2.45) is 0 Å². The Balaban J connectivity index is 2.12. The van der Waals surface area contributed by atoms with E-state index < -0.39 is 15.9 Å². The van der Waals surface area contributed by atoms with E-state index in [-0.39, 0.29) is 5.11 Å². The largest absolute Gasteiger partial charge is 0.495 e. The van der Waals surface area contributed by atoms with Crippen LogP contribution in [0, 0.1) is 3.57 Å². The molecular formula is C17H15Cl3IN3O2S. The highest BCUT2D eigenvalue weighted by molar-refractivity contribution is 14.1. The van der Waals surface area contributed by atoms with Gasteiger partial charge in [-0.15, -0.1) is 0 Å². The first-order valence-electron chi connectivity index (χ1n) is 7.55. The summed E-state index contributed by atoms with van der Waals surface area (Å²) in [6, 6.07) is 14.3. The number of anilines is 1. The first kappa shape index (κ1) is 22.3. The summed E-state index contributed by atoms with van der Waals surface area (Å²) in [4.78, 5) is 12.5. The lowest BCUT2D eigenvalue weighted by molar-refractivity contribution is 0.0933. The van der Waals surface area contributed by atoms with Gasteiger partial charge in [-0.1, -0.05) is 59.1 Å². The van der Waals surface area contributed by atoms with Crippen LogP contribution in [-0.4, -0.2) is 28.1 Å². The Kier molecular flexibility index (Phi) is 8.23. The number of para-hydroxylation sites is 2. The van der Waals surface area contributed by atoms with Crippen LogP contribution in [0.5, 0.6) is 5.75 Å². The number of alkyl halides is 3. The molecule has 2 aromatic carbocycles. The number of hydrogen-bond acceptors (Lipinski definition) is 3. The van der Waals surface area contributed by atoms with Crippen molar-refractivity contribution in [1.29, 1.82) is 0 Å². The lowest BCUT2D eigenvalue weighted by Crippen LogP contribution is -2.56. The van der Waals surface area contributed by atoms with Gasteiger partial charge in [0.05, 0.1) is 18.4 Å². The number of benzene rings is 2. The van der Waals surface area contributed by atoms with E-state index >= 15 is 0 Å². The Morgan fingerprint density at radius 2 is 1.74 bits per heavy atom. The zero-order chi connectivity index (χ0) is 20.0. The smallest absolute Gasteiger partial charge is 0.254 e. The third kappa shape index (κ3) is 6.53. The minimum atomic E-state index is -1.84. The van der Waals surface area contributed by atoms with Gasteiger partial charge in [0.15, 0.2) is 5.11 Å². The Labute approximate surface area is 191 Å². The fourth-order valence-electron chi connectivity index (χ4n) is 2.09. The SMILES string of the molecule is COc1ccccc1NC(=S)NC(NC(=O)c1ccccc1I)C(Cl)(Cl)Cl. The van der Waals surface area contributed by atoms with E-state index in [1.807, 2.05) is 18.2 Å². The van der Waals surface area contributed by atoms with Crippen molar-refractivity contribution in [3.8, 4) is 5.75 Å². The molecule has 10 heteroatoms. The summed E-state index contributed by atoms with van der Waals surface area (Å²) in [6.07, 6.45) is -1.07. The zero-order valence-corrected chi connectivity index (χ0v) is 19.2. The zero-order valence-electron chi connectivity index (χ0n) is 13.9. The molecule has 0 fully saturated rings. The highest BCUT2D eigenvalue weighted by atomic mass is 127. The van der Waals surface area contributed by atoms with Gasteiger partial charge < -0.3 is 20.7 Å². The fraction of sp³-hybridized carbons (Fsp3) is 0.176. The Morgan fingerprint density at radius 3 is 2.37 bits per heavy atom. The van der Waals surface area contributed by atoms with Crippen LogP contribution in [0.3, 0.4) is 0 Å². The number of rotatable bonds is 5. The van der Waals surface area contributed by atoms with E-state index in [2.05, 4.69) is 38.5 Å². The lowest BCUT2D eigenvalue weighted by atomic mass is 10.2. The molecule has 1 amide bonds. The molecule has 5 nitrogen and oxygen atoms in total. The second-order valence-electron chi connectivity index (χ2n) is 5.23. The van der Waals surface area contributed by atoms with Gasteiger partial charge in [0.2, 0.25) is 3.79 Å². The molecule has 2 rings (SSSR count). The van der Waals surface area contributed by atoms with Gasteiger partial charge in [-0.2, -0.15) is 0 Å². The van der Waals surface area contributed by atoms with Gasteiger partial charge in [-0.25, -0.2) is 0 Å². The number of nitrogens with one attached hydrogen (secondary N) is 3. The minimum absolute atomic E-state index is 0.152. The highest BCUT2D eigenvalue weighted by Gasteiger charge is 2.35. The molecule has 0 aliphatic carbocycles. The standard InChI is InChI=1S/C17H15Cl3IN3O2S/c1-26-13-9-5-4-8-12(13)22-16(27)24-15(17(18,19)20)23-14(25)10-6-2-3-7-11(10)21/h2-9,15H,1H3,(H,23,25)(H2,22,24,27). The normalized spacial score (nSPS) is 12.0. The monoisotopic (exact) mass is 557 g/mol. The van der Waals surface area contributed by atoms with Gasteiger partial charge in [0.1, 0.15) is 11.9 Å². The van der Waals surface area contributed by atoms with Crippen molar-refractivity contribution < 1.29 is 9.53 Å². The number of methoxy groups -OCH3 is 1. The molecule has 144 valence electrons. The summed E-state index contributed by atoms with van der Waals surface area (Å²) >= 11 is 25.4. The average molecular weight is 559 g/mol. The van der Waals surface area contributed by atoms with E-state index in [4.69, 9.17) is 51.8 Å². The van der Waals surface area contributed by atoms with Gasteiger partial charge >= 0.3 is 0 Å². The summed E-state index contributed by atoms with van der Waals surface area (Å²) in [5, 5.41) is 8.57. The predicted octanol–water partition coefficient (Wildman–Crippen LogP) is 4.71. The van der Waals surface area contributed by atoms with Crippen molar-refractivity contribution in [1.82, 2.24) is 10.6 Å². The first-order chi connectivity index (χ1) is 12.7. The van der Waals surface area contributed by atoms with E-state index in [1.165, 1.54) is 0 Å². The van der Waals surface area contributed by atoms with Crippen LogP contribution < -0.4 is 20.7 Å². The van der Waals surface area contributed by atoms with Crippen molar-refractivity contribution in [3.05, 3.63) is 57.7 Å². The van der Waals surface area contributed by atoms with Gasteiger partial charge in [0, 0.05) is 3.57 Å². The second kappa shape index (κ2) is 9.97. The van der Waals surface area contributed by atoms with Crippen LogP contribution in [0.25, 0.3) is 0 Å². The summed E-state index contributed by atoms with van der Waals surface area (Å²) in [5.41, 5.74) is 1.09. The number of hydrogen-bond donors (Lipinski definition) is 3. The summed E-state index contributed by atoms with van der Waals surface area (Å²) in [7, 11) is 1.54. The number of ether oxygens (including phenoxy) is 1. The Hall–Kier alpha value is -1.000. The highest BCUT2D eigenvalue weighted by Crippen LogP contribution is 2.30. The molecule has 0 heterocycles. The number of amides is 1. The number of carbonyl (C=O) groups excluding carboxylic acids is 1. The summed E-state index contributed by atoms with van der Waals surface area (Å²) in [6.45, 7) is 0. The number of halogens is 4. The molecule has 1 atom stereocenters. The molecule has 1 unspecified atom stereocenters. The maximum Gasteiger partial charge on any atom is 0.254 e. The van der Waals surface area contributed by atoms with Gasteiger partial charge in [-0.3, -0.25) is 4.79 Å². The molecule has 2 aromatic rings. The van der Waals surface area contributed by atoms with Crippen molar-refractivity contribution in [2.45, 2.75) is 9.96 Å². The topological polar surface area (TPSA) is 62.4 Å². The van der Waals surface area contributed by atoms with E-state index in [1.54, 1.807) is 37.4 Å². The van der Waals surface area contributed by atoms with Crippen molar-refractivity contribution in [3.63, 3.8) is 0 Å². The summed E-state index contributed by atoms with van der Waals surface area (Å²) < 4.78 is 4.18. The molecule has 0 saturated carbocycles. The summed E-state index contributed by atoms with van der Waals surface area (Å²) in [5.74, 6) is 0.193. The van der Waals surface area contributed by atoms with Crippen LogP contribution in [0.1, 0.15) is 10.4 Å². The molecule has 0 aliphatic heterocycles. The van der Waals surface area contributed by atoms with Crippen LogP contribution in [0.2, 0.25) is 0 Å². The van der Waals surface area contributed by atoms with E-state index in [0.717, 1.165) is 3.57 Å². The molecule has 0 aromatic heterocycles. The van der Waals surface area contributed by atoms with Crippen molar-refractivity contribution >= 4 is 86.3 Å². The van der Waals surface area contributed by atoms with Crippen LogP contribution >= 0.6 is 69.6 Å². The molecule has 27 heavy (non-hydrogen) atoms. The van der Waals surface area contributed by atoms with E-state index in [9.17, 15) is 4.79 Å². The van der Waals surface area contributed by atoms with Crippen LogP contribution in [-0.2, 0) is 0 Å². The molecular weight excluding hydrogens is 544 g/mol. The average Bonchev–Trinajstić information content (AvgIpc) is 2.61. The number of thiocarbonyl (C=S) groups is 1. The quantitative estimate of drug-likeness (QED) is 0.215. The lowest BCUT2D eigenvalue weighted by Gasteiger charge is -2.28. The Bertz CT molecular complexity index is 833. The second-order valence-corrected chi connectivity index (χ2v) is 9.17.